The third kappa shape index (κ3) is 7.11. The topological polar surface area (TPSA) is 73.2 Å². The van der Waals surface area contributed by atoms with Crippen LogP contribution in [0.2, 0.25) is 5.15 Å². The van der Waals surface area contributed by atoms with Gasteiger partial charge in [-0.3, -0.25) is 14.2 Å². The van der Waals surface area contributed by atoms with Crippen LogP contribution in [0.1, 0.15) is 45.4 Å². The fourth-order valence-electron chi connectivity index (χ4n) is 3.84. The fourth-order valence-corrected chi connectivity index (χ4v) is 5.15. The predicted molar refractivity (Wildman–Crippen MR) is 143 cm³/mol. The van der Waals surface area contributed by atoms with Gasteiger partial charge in [-0.05, 0) is 24.8 Å². The first-order chi connectivity index (χ1) is 17.2. The quantitative estimate of drug-likeness (QED) is 0.323. The highest BCUT2D eigenvalue weighted by atomic mass is 35.5. The Morgan fingerprint density at radius 2 is 1.89 bits per heavy atom. The number of nitrogens with one attached hydrogen (secondary N) is 1. The molecule has 2 aromatic carbocycles. The lowest BCUT2D eigenvalue weighted by molar-refractivity contribution is -0.121. The fraction of sp³-hybridized carbons (Fsp3) is 0.370. The van der Waals surface area contributed by atoms with Crippen molar-refractivity contribution in [3.05, 3.63) is 70.8 Å². The molecule has 6 nitrogen and oxygen atoms in total. The Balaban J connectivity index is 1.89. The molecular weight excluding hydrogens is 501 g/mol. The number of halogens is 2. The van der Waals surface area contributed by atoms with Gasteiger partial charge in [-0.1, -0.05) is 85.7 Å². The van der Waals surface area contributed by atoms with E-state index in [1.165, 1.54) is 6.92 Å². The van der Waals surface area contributed by atoms with Crippen LogP contribution in [-0.2, 0) is 22.7 Å². The van der Waals surface area contributed by atoms with Gasteiger partial charge in [-0.25, -0.2) is 4.39 Å². The van der Waals surface area contributed by atoms with Crippen LogP contribution < -0.4 is 10.1 Å². The van der Waals surface area contributed by atoms with Crippen molar-refractivity contribution in [3.63, 3.8) is 0 Å². The number of amides is 1. The molecule has 36 heavy (non-hydrogen) atoms. The van der Waals surface area contributed by atoms with Crippen molar-refractivity contribution >= 4 is 34.4 Å². The van der Waals surface area contributed by atoms with E-state index in [9.17, 15) is 9.59 Å². The molecule has 1 aromatic heterocycles. The molecule has 0 fully saturated rings. The number of thioether (sulfide) groups is 1. The summed E-state index contributed by atoms with van der Waals surface area (Å²) in [5.74, 6) is -0.366. The van der Waals surface area contributed by atoms with Crippen LogP contribution in [0.4, 0.5) is 4.39 Å². The van der Waals surface area contributed by atoms with Gasteiger partial charge in [0.2, 0.25) is 5.91 Å². The number of nitrogens with zero attached hydrogens (tertiary/aromatic N) is 2. The van der Waals surface area contributed by atoms with E-state index in [4.69, 9.17) is 16.3 Å². The molecule has 1 N–H and O–H groups in total. The summed E-state index contributed by atoms with van der Waals surface area (Å²) in [4.78, 5) is 28.9. The van der Waals surface area contributed by atoms with Crippen LogP contribution >= 0.6 is 23.4 Å². The number of rotatable bonds is 11. The molecule has 0 unspecified atom stereocenters. The maximum atomic E-state index is 15.6. The van der Waals surface area contributed by atoms with Gasteiger partial charge in [-0.2, -0.15) is 4.98 Å². The van der Waals surface area contributed by atoms with E-state index < -0.39 is 5.25 Å². The minimum absolute atomic E-state index is 0.0603. The maximum Gasteiger partial charge on any atom is 0.298 e. The summed E-state index contributed by atoms with van der Waals surface area (Å²) in [7, 11) is 0. The van der Waals surface area contributed by atoms with Crippen molar-refractivity contribution in [2.75, 3.05) is 6.61 Å². The minimum Gasteiger partial charge on any atom is -0.465 e. The van der Waals surface area contributed by atoms with Crippen molar-refractivity contribution < 1.29 is 18.7 Å². The SMILES string of the molecule is CCOc1nc(Cl)c(CNC(=O)[C@H](CC(C)C)SC(C)=O)n1Cc1cccc(-c2ccccc2)c1F. The smallest absolute Gasteiger partial charge is 0.298 e. The molecule has 192 valence electrons. The summed E-state index contributed by atoms with van der Waals surface area (Å²) in [5, 5.41) is 2.41. The largest absolute Gasteiger partial charge is 0.465 e. The summed E-state index contributed by atoms with van der Waals surface area (Å²) >= 11 is 7.45. The summed E-state index contributed by atoms with van der Waals surface area (Å²) in [5.41, 5.74) is 2.19. The molecule has 0 aliphatic carbocycles. The Bertz CT molecular complexity index is 1200. The molecule has 0 aliphatic rings. The molecule has 0 saturated carbocycles. The van der Waals surface area contributed by atoms with Crippen LogP contribution in [0.3, 0.4) is 0 Å². The summed E-state index contributed by atoms with van der Waals surface area (Å²) in [6.45, 7) is 7.79. The van der Waals surface area contributed by atoms with Gasteiger partial charge >= 0.3 is 0 Å². The summed E-state index contributed by atoms with van der Waals surface area (Å²) in [6.07, 6.45) is 0.560. The molecule has 0 saturated heterocycles. The van der Waals surface area contributed by atoms with Gasteiger partial charge < -0.3 is 10.1 Å². The van der Waals surface area contributed by atoms with E-state index >= 15 is 4.39 Å². The molecule has 0 bridgehead atoms. The number of hydrogen-bond donors (Lipinski definition) is 1. The lowest BCUT2D eigenvalue weighted by Crippen LogP contribution is -2.34. The average molecular weight is 532 g/mol. The first-order valence-corrected chi connectivity index (χ1v) is 13.1. The monoisotopic (exact) mass is 531 g/mol. The predicted octanol–water partition coefficient (Wildman–Crippen LogP) is 6.10. The Hall–Kier alpha value is -2.84. The van der Waals surface area contributed by atoms with E-state index in [0.29, 0.717) is 29.8 Å². The highest BCUT2D eigenvalue weighted by Gasteiger charge is 2.24. The molecule has 0 radical (unpaired) electrons. The average Bonchev–Trinajstić information content (AvgIpc) is 3.12. The van der Waals surface area contributed by atoms with Gasteiger partial charge in [0.15, 0.2) is 10.3 Å². The van der Waals surface area contributed by atoms with Crippen molar-refractivity contribution in [2.24, 2.45) is 5.92 Å². The molecule has 9 heteroatoms. The first kappa shape index (κ1) is 27.7. The van der Waals surface area contributed by atoms with Crippen LogP contribution in [0, 0.1) is 11.7 Å². The summed E-state index contributed by atoms with van der Waals surface area (Å²) in [6, 6.07) is 14.8. The highest BCUT2D eigenvalue weighted by Crippen LogP contribution is 2.29. The van der Waals surface area contributed by atoms with Gasteiger partial charge in [0.25, 0.3) is 6.01 Å². The van der Waals surface area contributed by atoms with E-state index in [1.807, 2.05) is 51.1 Å². The van der Waals surface area contributed by atoms with E-state index in [0.717, 1.165) is 17.3 Å². The molecule has 0 spiro atoms. The Morgan fingerprint density at radius 3 is 2.53 bits per heavy atom. The molecule has 3 rings (SSSR count). The number of ether oxygens (including phenoxy) is 1. The zero-order chi connectivity index (χ0) is 26.2. The number of carbonyl (C=O) groups excluding carboxylic acids is 2. The molecular formula is C27H31ClFN3O3S. The van der Waals surface area contributed by atoms with Crippen LogP contribution in [0.5, 0.6) is 6.01 Å². The highest BCUT2D eigenvalue weighted by molar-refractivity contribution is 8.14. The number of benzene rings is 2. The normalized spacial score (nSPS) is 12.0. The second-order valence-corrected chi connectivity index (χ2v) is 10.5. The molecule has 0 aliphatic heterocycles. The molecule has 3 aromatic rings. The van der Waals surface area contributed by atoms with Gasteiger partial charge in [0.05, 0.1) is 30.6 Å². The third-order valence-electron chi connectivity index (χ3n) is 5.47. The van der Waals surface area contributed by atoms with Crippen molar-refractivity contribution in [2.45, 2.75) is 52.5 Å². The van der Waals surface area contributed by atoms with E-state index in [-0.39, 0.29) is 47.0 Å². The third-order valence-corrected chi connectivity index (χ3v) is 6.80. The minimum atomic E-state index is -0.510. The number of hydrogen-bond acceptors (Lipinski definition) is 5. The lowest BCUT2D eigenvalue weighted by Gasteiger charge is -2.18. The van der Waals surface area contributed by atoms with Gasteiger partial charge in [0.1, 0.15) is 5.82 Å². The number of aromatic nitrogens is 2. The van der Waals surface area contributed by atoms with E-state index in [1.54, 1.807) is 22.8 Å². The second-order valence-electron chi connectivity index (χ2n) is 8.74. The Labute approximate surface area is 220 Å². The Morgan fingerprint density at radius 1 is 1.17 bits per heavy atom. The maximum absolute atomic E-state index is 15.6. The zero-order valence-electron chi connectivity index (χ0n) is 20.9. The van der Waals surface area contributed by atoms with E-state index in [2.05, 4.69) is 10.3 Å². The zero-order valence-corrected chi connectivity index (χ0v) is 22.5. The van der Waals surface area contributed by atoms with Crippen LogP contribution in [0.25, 0.3) is 11.1 Å². The first-order valence-electron chi connectivity index (χ1n) is 11.9. The van der Waals surface area contributed by atoms with Crippen LogP contribution in [0.15, 0.2) is 48.5 Å². The number of carbonyl (C=O) groups is 2. The lowest BCUT2D eigenvalue weighted by atomic mass is 10.0. The number of imidazole rings is 1. The van der Waals surface area contributed by atoms with Crippen molar-refractivity contribution in [1.82, 2.24) is 14.9 Å². The molecule has 1 heterocycles. The van der Waals surface area contributed by atoms with Crippen LogP contribution in [-0.4, -0.2) is 32.4 Å². The van der Waals surface area contributed by atoms with Gasteiger partial charge in [0, 0.05) is 18.1 Å². The second kappa shape index (κ2) is 12.9. The summed E-state index contributed by atoms with van der Waals surface area (Å²) < 4.78 is 22.9. The standard InChI is InChI=1S/C27H31ClFN3O3S/c1-5-35-27-31-25(28)22(15-30-26(34)23(14-17(2)3)36-18(4)33)32(27)16-20-12-9-13-21(24(20)29)19-10-7-6-8-11-19/h6-13,17,23H,5,14-16H2,1-4H3,(H,30,34)/t23-/m0/s1. The molecule has 1 amide bonds. The van der Waals surface area contributed by atoms with Crippen molar-refractivity contribution in [3.8, 4) is 17.1 Å². The Kier molecular flexibility index (Phi) is 9.96. The molecule has 1 atom stereocenters. The van der Waals surface area contributed by atoms with Gasteiger partial charge in [-0.15, -0.1) is 0 Å². The van der Waals surface area contributed by atoms with Crippen molar-refractivity contribution in [1.29, 1.82) is 0 Å².